The molecule has 0 saturated carbocycles. The van der Waals surface area contributed by atoms with Crippen LogP contribution in [-0.2, 0) is 4.79 Å². The second-order valence-corrected chi connectivity index (χ2v) is 4.78. The summed E-state index contributed by atoms with van der Waals surface area (Å²) >= 11 is 0. The Morgan fingerprint density at radius 3 is 2.56 bits per heavy atom. The van der Waals surface area contributed by atoms with Gasteiger partial charge in [0, 0.05) is 17.6 Å². The van der Waals surface area contributed by atoms with Crippen molar-refractivity contribution in [3.8, 4) is 0 Å². The van der Waals surface area contributed by atoms with Crippen LogP contribution in [0, 0.1) is 5.82 Å². The summed E-state index contributed by atoms with van der Waals surface area (Å²) in [6, 6.07) is 4.86. The van der Waals surface area contributed by atoms with Crippen molar-refractivity contribution in [1.82, 2.24) is 4.57 Å². The molecule has 1 N–H and O–H groups in total. The molecule has 1 aromatic carbocycles. The highest BCUT2D eigenvalue weighted by Gasteiger charge is 2.21. The van der Waals surface area contributed by atoms with E-state index in [1.807, 2.05) is 13.8 Å². The molecule has 1 atom stereocenters. The number of para-hydroxylation sites is 1. The smallest absolute Gasteiger partial charge is 0.310 e. The minimum absolute atomic E-state index is 0.0825. The van der Waals surface area contributed by atoms with E-state index in [2.05, 4.69) is 0 Å². The molecule has 2 aromatic rings. The van der Waals surface area contributed by atoms with E-state index in [1.165, 1.54) is 6.07 Å². The molecule has 4 heteroatoms. The quantitative estimate of drug-likeness (QED) is 0.903. The summed E-state index contributed by atoms with van der Waals surface area (Å²) in [5.41, 5.74) is 1.14. The lowest BCUT2D eigenvalue weighted by Crippen LogP contribution is -2.07. The lowest BCUT2D eigenvalue weighted by molar-refractivity contribution is -0.138. The molecule has 2 rings (SSSR count). The summed E-state index contributed by atoms with van der Waals surface area (Å²) < 4.78 is 15.7. The number of rotatable bonds is 3. The molecule has 96 valence electrons. The summed E-state index contributed by atoms with van der Waals surface area (Å²) in [4.78, 5) is 11.1. The van der Waals surface area contributed by atoms with Crippen LogP contribution < -0.4 is 0 Å². The van der Waals surface area contributed by atoms with Crippen molar-refractivity contribution in [2.24, 2.45) is 0 Å². The van der Waals surface area contributed by atoms with Gasteiger partial charge in [0.05, 0.1) is 11.4 Å². The van der Waals surface area contributed by atoms with Gasteiger partial charge < -0.3 is 9.67 Å². The second-order valence-electron chi connectivity index (χ2n) is 4.78. The Kier molecular flexibility index (Phi) is 3.11. The third-order valence-electron chi connectivity index (χ3n) is 3.23. The number of carboxylic acids is 1. The first-order chi connectivity index (χ1) is 8.43. The van der Waals surface area contributed by atoms with Gasteiger partial charge in [-0.25, -0.2) is 4.39 Å². The highest BCUT2D eigenvalue weighted by Crippen LogP contribution is 2.31. The van der Waals surface area contributed by atoms with E-state index < -0.39 is 11.9 Å². The molecule has 0 amide bonds. The van der Waals surface area contributed by atoms with Gasteiger partial charge in [0.15, 0.2) is 0 Å². The Labute approximate surface area is 105 Å². The molecule has 0 spiro atoms. The number of halogens is 1. The first-order valence-electron chi connectivity index (χ1n) is 5.95. The highest BCUT2D eigenvalue weighted by atomic mass is 19.1. The molecular formula is C14H16FNO2. The van der Waals surface area contributed by atoms with Gasteiger partial charge >= 0.3 is 5.97 Å². The van der Waals surface area contributed by atoms with Crippen LogP contribution in [0.3, 0.4) is 0 Å². The molecule has 18 heavy (non-hydrogen) atoms. The van der Waals surface area contributed by atoms with Crippen LogP contribution in [0.4, 0.5) is 4.39 Å². The Morgan fingerprint density at radius 1 is 1.33 bits per heavy atom. The van der Waals surface area contributed by atoms with Crippen LogP contribution >= 0.6 is 0 Å². The summed E-state index contributed by atoms with van der Waals surface area (Å²) in [6.45, 7) is 5.51. The Bertz CT molecular complexity index is 601. The van der Waals surface area contributed by atoms with Crippen molar-refractivity contribution < 1.29 is 14.3 Å². The van der Waals surface area contributed by atoms with E-state index in [4.69, 9.17) is 5.11 Å². The van der Waals surface area contributed by atoms with Crippen LogP contribution in [0.5, 0.6) is 0 Å². The fourth-order valence-electron chi connectivity index (χ4n) is 2.18. The fourth-order valence-corrected chi connectivity index (χ4v) is 2.18. The van der Waals surface area contributed by atoms with Crippen LogP contribution in [0.2, 0.25) is 0 Å². The van der Waals surface area contributed by atoms with E-state index in [0.717, 1.165) is 0 Å². The molecule has 0 fully saturated rings. The lowest BCUT2D eigenvalue weighted by Gasteiger charge is -2.09. The molecule has 1 aromatic heterocycles. The van der Waals surface area contributed by atoms with Crippen molar-refractivity contribution in [2.45, 2.75) is 32.7 Å². The predicted octanol–water partition coefficient (Wildman–Crippen LogP) is 3.55. The zero-order valence-electron chi connectivity index (χ0n) is 10.6. The average Bonchev–Trinajstić information content (AvgIpc) is 2.69. The highest BCUT2D eigenvalue weighted by molar-refractivity contribution is 5.90. The first-order valence-corrected chi connectivity index (χ1v) is 5.95. The molecule has 0 aliphatic carbocycles. The monoisotopic (exact) mass is 249 g/mol. The van der Waals surface area contributed by atoms with Gasteiger partial charge in [0.25, 0.3) is 0 Å². The van der Waals surface area contributed by atoms with E-state index >= 15 is 0 Å². The number of carbonyl (C=O) groups is 1. The molecular weight excluding hydrogens is 233 g/mol. The number of aliphatic carboxylic acids is 1. The molecule has 0 bridgehead atoms. The predicted molar refractivity (Wildman–Crippen MR) is 68.3 cm³/mol. The molecule has 1 unspecified atom stereocenters. The summed E-state index contributed by atoms with van der Waals surface area (Å²) in [5, 5.41) is 9.79. The molecule has 0 aliphatic rings. The number of hydrogen-bond donors (Lipinski definition) is 1. The largest absolute Gasteiger partial charge is 0.481 e. The zero-order valence-corrected chi connectivity index (χ0v) is 10.6. The average molecular weight is 249 g/mol. The minimum Gasteiger partial charge on any atom is -0.481 e. The molecule has 3 nitrogen and oxygen atoms in total. The van der Waals surface area contributed by atoms with Gasteiger partial charge in [-0.3, -0.25) is 4.79 Å². The van der Waals surface area contributed by atoms with Crippen molar-refractivity contribution in [2.75, 3.05) is 0 Å². The van der Waals surface area contributed by atoms with Gasteiger partial charge in [0.1, 0.15) is 5.82 Å². The third-order valence-corrected chi connectivity index (χ3v) is 3.23. The number of aromatic nitrogens is 1. The van der Waals surface area contributed by atoms with E-state index in [9.17, 15) is 9.18 Å². The maximum atomic E-state index is 13.9. The van der Waals surface area contributed by atoms with E-state index in [-0.39, 0.29) is 11.9 Å². The number of hydrogen-bond acceptors (Lipinski definition) is 1. The van der Waals surface area contributed by atoms with Crippen LogP contribution in [0.15, 0.2) is 24.4 Å². The summed E-state index contributed by atoms with van der Waals surface area (Å²) in [7, 11) is 0. The first kappa shape index (κ1) is 12.6. The Hall–Kier alpha value is -1.84. The fraction of sp³-hybridized carbons (Fsp3) is 0.357. The third kappa shape index (κ3) is 1.88. The SMILES string of the molecule is CC(C(=O)O)c1cn(C(C)C)c2c(F)cccc12. The molecule has 0 saturated heterocycles. The Balaban J connectivity index is 2.77. The lowest BCUT2D eigenvalue weighted by atomic mass is 10.0. The maximum absolute atomic E-state index is 13.9. The van der Waals surface area contributed by atoms with E-state index in [0.29, 0.717) is 16.5 Å². The normalized spacial score (nSPS) is 13.2. The van der Waals surface area contributed by atoms with Gasteiger partial charge in [-0.1, -0.05) is 12.1 Å². The van der Waals surface area contributed by atoms with Crippen molar-refractivity contribution in [3.63, 3.8) is 0 Å². The maximum Gasteiger partial charge on any atom is 0.310 e. The number of benzene rings is 1. The van der Waals surface area contributed by atoms with Crippen LogP contribution in [0.25, 0.3) is 10.9 Å². The van der Waals surface area contributed by atoms with Crippen LogP contribution in [0.1, 0.15) is 38.3 Å². The van der Waals surface area contributed by atoms with Gasteiger partial charge in [-0.05, 0) is 32.4 Å². The standard InChI is InChI=1S/C14H16FNO2/c1-8(2)16-7-11(9(3)14(17)18)10-5-4-6-12(15)13(10)16/h4-9H,1-3H3,(H,17,18). The summed E-state index contributed by atoms with van der Waals surface area (Å²) in [5.74, 6) is -1.86. The van der Waals surface area contributed by atoms with Crippen molar-refractivity contribution >= 4 is 16.9 Å². The number of carboxylic acid groups (broad SMARTS) is 1. The van der Waals surface area contributed by atoms with Gasteiger partial charge in [-0.2, -0.15) is 0 Å². The summed E-state index contributed by atoms with van der Waals surface area (Å²) in [6.07, 6.45) is 1.75. The van der Waals surface area contributed by atoms with Crippen molar-refractivity contribution in [3.05, 3.63) is 35.8 Å². The Morgan fingerprint density at radius 2 is 2.00 bits per heavy atom. The number of fused-ring (bicyclic) bond motifs is 1. The van der Waals surface area contributed by atoms with Gasteiger partial charge in [0.2, 0.25) is 0 Å². The number of nitrogens with zero attached hydrogens (tertiary/aromatic N) is 1. The van der Waals surface area contributed by atoms with Crippen molar-refractivity contribution in [1.29, 1.82) is 0 Å². The zero-order chi connectivity index (χ0) is 13.4. The molecule has 1 heterocycles. The topological polar surface area (TPSA) is 42.2 Å². The second kappa shape index (κ2) is 4.44. The van der Waals surface area contributed by atoms with E-state index in [1.54, 1.807) is 29.8 Å². The van der Waals surface area contributed by atoms with Crippen LogP contribution in [-0.4, -0.2) is 15.6 Å². The van der Waals surface area contributed by atoms with Gasteiger partial charge in [-0.15, -0.1) is 0 Å². The molecule has 0 radical (unpaired) electrons. The molecule has 0 aliphatic heterocycles. The minimum atomic E-state index is -0.901.